The molecule has 0 saturated heterocycles. The van der Waals surface area contributed by atoms with Gasteiger partial charge < -0.3 is 5.32 Å². The van der Waals surface area contributed by atoms with Gasteiger partial charge in [0, 0.05) is 15.4 Å². The van der Waals surface area contributed by atoms with E-state index in [1.807, 2.05) is 25.1 Å². The summed E-state index contributed by atoms with van der Waals surface area (Å²) in [5.41, 5.74) is 1.73. The summed E-state index contributed by atoms with van der Waals surface area (Å²) in [5, 5.41) is 3.99. The third-order valence-corrected chi connectivity index (χ3v) is 5.39. The van der Waals surface area contributed by atoms with E-state index in [2.05, 4.69) is 37.2 Å². The molecule has 1 aromatic carbocycles. The summed E-state index contributed by atoms with van der Waals surface area (Å²) >= 11 is 6.95. The number of alkyl halides is 1. The molecule has 17 heavy (non-hydrogen) atoms. The SMILES string of the molecule is Cc1c(Br)cccc1C(=O)NC1(CBr)CCC1. The highest BCUT2D eigenvalue weighted by atomic mass is 79.9. The van der Waals surface area contributed by atoms with Crippen LogP contribution >= 0.6 is 31.9 Å². The Morgan fingerprint density at radius 2 is 2.18 bits per heavy atom. The molecule has 1 aromatic rings. The highest BCUT2D eigenvalue weighted by Gasteiger charge is 2.37. The normalized spacial score (nSPS) is 17.4. The minimum atomic E-state index is -0.0220. The van der Waals surface area contributed by atoms with Gasteiger partial charge in [-0.2, -0.15) is 0 Å². The molecule has 1 aliphatic rings. The van der Waals surface area contributed by atoms with Gasteiger partial charge in [0.05, 0.1) is 5.54 Å². The van der Waals surface area contributed by atoms with Crippen molar-refractivity contribution in [1.82, 2.24) is 5.32 Å². The molecule has 2 rings (SSSR count). The molecule has 0 bridgehead atoms. The fraction of sp³-hybridized carbons (Fsp3) is 0.462. The molecule has 0 radical (unpaired) electrons. The molecular formula is C13H15Br2NO. The average Bonchev–Trinajstić information content (AvgIpc) is 2.27. The van der Waals surface area contributed by atoms with Crippen LogP contribution in [-0.4, -0.2) is 16.8 Å². The zero-order valence-corrected chi connectivity index (χ0v) is 12.9. The molecule has 1 saturated carbocycles. The molecule has 0 spiro atoms. The van der Waals surface area contributed by atoms with Crippen molar-refractivity contribution in [2.45, 2.75) is 31.7 Å². The molecular weight excluding hydrogens is 346 g/mol. The Kier molecular flexibility index (Phi) is 3.93. The topological polar surface area (TPSA) is 29.1 Å². The lowest BCUT2D eigenvalue weighted by Crippen LogP contribution is -2.55. The Morgan fingerprint density at radius 1 is 1.47 bits per heavy atom. The van der Waals surface area contributed by atoms with Gasteiger partial charge >= 0.3 is 0 Å². The highest BCUT2D eigenvalue weighted by molar-refractivity contribution is 9.10. The van der Waals surface area contributed by atoms with Crippen LogP contribution in [0.25, 0.3) is 0 Å². The molecule has 1 aliphatic carbocycles. The molecule has 0 unspecified atom stereocenters. The Morgan fingerprint density at radius 3 is 2.71 bits per heavy atom. The lowest BCUT2D eigenvalue weighted by atomic mass is 9.78. The maximum Gasteiger partial charge on any atom is 0.252 e. The van der Waals surface area contributed by atoms with Crippen LogP contribution in [0.3, 0.4) is 0 Å². The number of hydrogen-bond donors (Lipinski definition) is 1. The maximum atomic E-state index is 12.2. The van der Waals surface area contributed by atoms with Crippen molar-refractivity contribution >= 4 is 37.8 Å². The fourth-order valence-corrected chi connectivity index (χ4v) is 3.12. The van der Waals surface area contributed by atoms with Gasteiger partial charge in [-0.1, -0.05) is 37.9 Å². The monoisotopic (exact) mass is 359 g/mol. The summed E-state index contributed by atoms with van der Waals surface area (Å²) in [5.74, 6) is 0.0305. The minimum absolute atomic E-state index is 0.0220. The number of halogens is 2. The fourth-order valence-electron chi connectivity index (χ4n) is 2.06. The van der Waals surface area contributed by atoms with Crippen LogP contribution in [0.15, 0.2) is 22.7 Å². The van der Waals surface area contributed by atoms with Crippen LogP contribution in [0.2, 0.25) is 0 Å². The summed E-state index contributed by atoms with van der Waals surface area (Å²) in [6, 6.07) is 5.72. The number of rotatable bonds is 3. The Hall–Kier alpha value is -0.350. The molecule has 1 fully saturated rings. The first-order chi connectivity index (χ1) is 8.08. The van der Waals surface area contributed by atoms with Crippen LogP contribution in [0.4, 0.5) is 0 Å². The lowest BCUT2D eigenvalue weighted by molar-refractivity contribution is 0.0856. The van der Waals surface area contributed by atoms with E-state index in [1.165, 1.54) is 6.42 Å². The van der Waals surface area contributed by atoms with E-state index in [4.69, 9.17) is 0 Å². The van der Waals surface area contributed by atoms with Crippen molar-refractivity contribution in [2.75, 3.05) is 5.33 Å². The van der Waals surface area contributed by atoms with Gasteiger partial charge in [-0.3, -0.25) is 4.79 Å². The van der Waals surface area contributed by atoms with Gasteiger partial charge in [0.1, 0.15) is 0 Å². The summed E-state index contributed by atoms with van der Waals surface area (Å²) in [6.07, 6.45) is 3.33. The van der Waals surface area contributed by atoms with Crippen molar-refractivity contribution in [3.63, 3.8) is 0 Å². The number of hydrogen-bond acceptors (Lipinski definition) is 1. The van der Waals surface area contributed by atoms with E-state index in [1.54, 1.807) is 0 Å². The number of amides is 1. The third kappa shape index (κ3) is 2.58. The van der Waals surface area contributed by atoms with E-state index >= 15 is 0 Å². The first kappa shape index (κ1) is 13.1. The van der Waals surface area contributed by atoms with Crippen molar-refractivity contribution in [3.05, 3.63) is 33.8 Å². The first-order valence-electron chi connectivity index (χ1n) is 5.72. The Balaban J connectivity index is 2.17. The van der Waals surface area contributed by atoms with E-state index in [0.29, 0.717) is 0 Å². The smallest absolute Gasteiger partial charge is 0.252 e. The molecule has 92 valence electrons. The van der Waals surface area contributed by atoms with Crippen LogP contribution < -0.4 is 5.32 Å². The molecule has 0 atom stereocenters. The summed E-state index contributed by atoms with van der Waals surface area (Å²) < 4.78 is 0.978. The zero-order valence-electron chi connectivity index (χ0n) is 9.72. The maximum absolute atomic E-state index is 12.2. The average molecular weight is 361 g/mol. The zero-order chi connectivity index (χ0) is 12.5. The van der Waals surface area contributed by atoms with Gasteiger partial charge in [-0.15, -0.1) is 0 Å². The quantitative estimate of drug-likeness (QED) is 0.816. The largest absolute Gasteiger partial charge is 0.346 e. The Bertz CT molecular complexity index is 436. The lowest BCUT2D eigenvalue weighted by Gasteiger charge is -2.41. The van der Waals surface area contributed by atoms with Gasteiger partial charge in [-0.05, 0) is 43.9 Å². The summed E-state index contributed by atoms with van der Waals surface area (Å²) in [4.78, 5) is 12.2. The van der Waals surface area contributed by atoms with Crippen molar-refractivity contribution in [2.24, 2.45) is 0 Å². The van der Waals surface area contributed by atoms with Crippen LogP contribution in [-0.2, 0) is 0 Å². The van der Waals surface area contributed by atoms with Crippen molar-refractivity contribution in [1.29, 1.82) is 0 Å². The van der Waals surface area contributed by atoms with Crippen LogP contribution in [0, 0.1) is 6.92 Å². The summed E-state index contributed by atoms with van der Waals surface area (Å²) in [6.45, 7) is 1.96. The van der Waals surface area contributed by atoms with Gasteiger partial charge in [0.15, 0.2) is 0 Å². The molecule has 1 amide bonds. The van der Waals surface area contributed by atoms with Crippen LogP contribution in [0.5, 0.6) is 0 Å². The molecule has 4 heteroatoms. The standard InChI is InChI=1S/C13H15Br2NO/c1-9-10(4-2-5-11(9)15)12(17)16-13(8-14)6-3-7-13/h2,4-5H,3,6-8H2,1H3,(H,16,17). The van der Waals surface area contributed by atoms with E-state index < -0.39 is 0 Å². The van der Waals surface area contributed by atoms with E-state index in [-0.39, 0.29) is 11.4 Å². The van der Waals surface area contributed by atoms with E-state index in [9.17, 15) is 4.79 Å². The second-order valence-electron chi connectivity index (χ2n) is 4.63. The molecule has 0 aromatic heterocycles. The van der Waals surface area contributed by atoms with Crippen molar-refractivity contribution < 1.29 is 4.79 Å². The second-order valence-corrected chi connectivity index (χ2v) is 6.05. The summed E-state index contributed by atoms with van der Waals surface area (Å²) in [7, 11) is 0. The van der Waals surface area contributed by atoms with E-state index in [0.717, 1.165) is 33.8 Å². The van der Waals surface area contributed by atoms with Gasteiger partial charge in [-0.25, -0.2) is 0 Å². The van der Waals surface area contributed by atoms with Gasteiger partial charge in [0.2, 0.25) is 0 Å². The van der Waals surface area contributed by atoms with Crippen LogP contribution in [0.1, 0.15) is 35.2 Å². The third-order valence-electron chi connectivity index (χ3n) is 3.46. The molecule has 2 nitrogen and oxygen atoms in total. The number of carbonyl (C=O) groups is 1. The second kappa shape index (κ2) is 5.11. The molecule has 0 aliphatic heterocycles. The van der Waals surface area contributed by atoms with Gasteiger partial charge in [0.25, 0.3) is 5.91 Å². The molecule has 1 N–H and O–H groups in total. The van der Waals surface area contributed by atoms with Crippen molar-refractivity contribution in [3.8, 4) is 0 Å². The number of nitrogens with one attached hydrogen (secondary N) is 1. The molecule has 0 heterocycles. The number of benzene rings is 1. The minimum Gasteiger partial charge on any atom is -0.346 e. The predicted octanol–water partition coefficient (Wildman–Crippen LogP) is 3.80. The first-order valence-corrected chi connectivity index (χ1v) is 7.63. The predicted molar refractivity (Wildman–Crippen MR) is 76.7 cm³/mol. The Labute approximate surface area is 118 Å². The number of carbonyl (C=O) groups excluding carboxylic acids is 1. The highest BCUT2D eigenvalue weighted by Crippen LogP contribution is 2.34.